The van der Waals surface area contributed by atoms with Gasteiger partial charge in [0.2, 0.25) is 5.00 Å². The van der Waals surface area contributed by atoms with Crippen LogP contribution in [-0.2, 0) is 9.79 Å². The van der Waals surface area contributed by atoms with Crippen LogP contribution in [0.4, 0.5) is 0 Å². The first-order valence-corrected chi connectivity index (χ1v) is 4.92. The van der Waals surface area contributed by atoms with Gasteiger partial charge in [-0.05, 0) is 6.07 Å². The van der Waals surface area contributed by atoms with Gasteiger partial charge in [-0.25, -0.2) is 4.79 Å². The number of ether oxygens (including phenoxy) is 1. The Morgan fingerprint density at radius 1 is 1.35 bits per heavy atom. The summed E-state index contributed by atoms with van der Waals surface area (Å²) >= 11 is 5.91. The third-order valence-electron chi connectivity index (χ3n) is 2.64. The Morgan fingerprint density at radius 3 is 2.53 bits per heavy atom. The molecular formula is C9H8ClN3O4. The van der Waals surface area contributed by atoms with Crippen molar-refractivity contribution in [2.24, 2.45) is 11.5 Å². The maximum Gasteiger partial charge on any atom is 0.410 e. The van der Waals surface area contributed by atoms with Gasteiger partial charge < -0.3 is 10.5 Å². The summed E-state index contributed by atoms with van der Waals surface area (Å²) in [6, 6.07) is 5.98. The van der Waals surface area contributed by atoms with Crippen LogP contribution in [0.25, 0.3) is 0 Å². The lowest BCUT2D eigenvalue weighted by Gasteiger charge is -2.36. The summed E-state index contributed by atoms with van der Waals surface area (Å²) in [5.41, 5.74) is 8.44. The van der Waals surface area contributed by atoms with Crippen LogP contribution in [0.15, 0.2) is 24.3 Å². The Labute approximate surface area is 100 Å². The van der Waals surface area contributed by atoms with Gasteiger partial charge in [0.1, 0.15) is 5.75 Å². The molecule has 0 bridgehead atoms. The van der Waals surface area contributed by atoms with Crippen molar-refractivity contribution in [2.45, 2.75) is 10.7 Å². The molecule has 0 saturated carbocycles. The minimum absolute atomic E-state index is 0.0675. The number of nitro groups is 1. The minimum Gasteiger partial charge on any atom is -0.420 e. The van der Waals surface area contributed by atoms with Crippen LogP contribution in [0.1, 0.15) is 5.56 Å². The second-order valence-corrected chi connectivity index (χ2v) is 4.22. The number of carbonyl (C=O) groups is 1. The molecule has 0 amide bonds. The Bertz CT molecular complexity index is 519. The number of nitrogens with zero attached hydrogens (tertiary/aromatic N) is 1. The molecule has 2 unspecified atom stereocenters. The van der Waals surface area contributed by atoms with Crippen LogP contribution in [-0.4, -0.2) is 16.6 Å². The molecule has 0 saturated heterocycles. The molecule has 4 N–H and O–H groups in total. The summed E-state index contributed by atoms with van der Waals surface area (Å²) in [6.07, 6.45) is 0. The Morgan fingerprint density at radius 2 is 1.94 bits per heavy atom. The molecule has 7 nitrogen and oxygen atoms in total. The van der Waals surface area contributed by atoms with Gasteiger partial charge in [0.05, 0.1) is 4.92 Å². The summed E-state index contributed by atoms with van der Waals surface area (Å²) in [5, 5.41) is 10.9. The average molecular weight is 258 g/mol. The van der Waals surface area contributed by atoms with E-state index >= 15 is 0 Å². The van der Waals surface area contributed by atoms with Gasteiger partial charge in [0, 0.05) is 5.56 Å². The smallest absolute Gasteiger partial charge is 0.410 e. The largest absolute Gasteiger partial charge is 0.420 e. The third kappa shape index (κ3) is 1.33. The highest BCUT2D eigenvalue weighted by Gasteiger charge is 2.68. The fourth-order valence-corrected chi connectivity index (χ4v) is 1.90. The molecule has 1 heterocycles. The van der Waals surface area contributed by atoms with E-state index in [1.807, 2.05) is 0 Å². The minimum atomic E-state index is -2.72. The molecule has 1 aromatic carbocycles. The molecule has 17 heavy (non-hydrogen) atoms. The number of benzene rings is 1. The Kier molecular flexibility index (Phi) is 2.35. The van der Waals surface area contributed by atoms with Crippen LogP contribution >= 0.6 is 11.6 Å². The van der Waals surface area contributed by atoms with Gasteiger partial charge in [-0.3, -0.25) is 15.8 Å². The number of carbonyl (C=O) groups excluding carboxylic acids is 1. The first kappa shape index (κ1) is 11.8. The van der Waals surface area contributed by atoms with Crippen molar-refractivity contribution in [1.29, 1.82) is 0 Å². The molecule has 1 aromatic rings. The van der Waals surface area contributed by atoms with Crippen molar-refractivity contribution >= 4 is 17.6 Å². The van der Waals surface area contributed by atoms with Gasteiger partial charge in [-0.15, -0.1) is 0 Å². The molecule has 8 heteroatoms. The molecule has 0 radical (unpaired) electrons. The van der Waals surface area contributed by atoms with Crippen LogP contribution < -0.4 is 16.2 Å². The molecule has 0 spiro atoms. The molecule has 1 aliphatic rings. The number of halogens is 1. The molecule has 2 atom stereocenters. The zero-order chi connectivity index (χ0) is 12.8. The molecular weight excluding hydrogens is 250 g/mol. The Hall–Kier alpha value is -1.70. The highest BCUT2D eigenvalue weighted by atomic mass is 35.5. The first-order chi connectivity index (χ1) is 7.81. The van der Waals surface area contributed by atoms with Crippen molar-refractivity contribution in [3.63, 3.8) is 0 Å². The van der Waals surface area contributed by atoms with E-state index in [4.69, 9.17) is 27.8 Å². The van der Waals surface area contributed by atoms with Crippen molar-refractivity contribution in [3.05, 3.63) is 39.9 Å². The van der Waals surface area contributed by atoms with Crippen LogP contribution in [0.3, 0.4) is 0 Å². The number of fused-ring (bicyclic) bond motifs is 1. The normalized spacial score (nSPS) is 31.6. The zero-order valence-corrected chi connectivity index (χ0v) is 9.18. The van der Waals surface area contributed by atoms with Crippen LogP contribution in [0.2, 0.25) is 0 Å². The quantitative estimate of drug-likeness (QED) is 0.138. The predicted octanol–water partition coefficient (Wildman–Crippen LogP) is -0.112. The number of alkyl halides is 1. The fraction of sp³-hybridized carbons (Fsp3) is 0.222. The maximum atomic E-state index is 11.6. The molecule has 1 aliphatic heterocycles. The number of hydrogen-bond acceptors (Lipinski definition) is 6. The molecule has 0 aliphatic carbocycles. The van der Waals surface area contributed by atoms with E-state index in [0.717, 1.165) is 0 Å². The van der Waals surface area contributed by atoms with Crippen LogP contribution in [0, 0.1) is 10.1 Å². The lowest BCUT2D eigenvalue weighted by Crippen LogP contribution is -2.72. The van der Waals surface area contributed by atoms with Crippen molar-refractivity contribution in [2.75, 3.05) is 0 Å². The number of rotatable bonds is 1. The van der Waals surface area contributed by atoms with E-state index < -0.39 is 21.6 Å². The number of hydrogen-bond donors (Lipinski definition) is 2. The highest BCUT2D eigenvalue weighted by Crippen LogP contribution is 2.43. The lowest BCUT2D eigenvalue weighted by atomic mass is 9.91. The summed E-state index contributed by atoms with van der Waals surface area (Å²) in [6.45, 7) is 0. The van der Waals surface area contributed by atoms with Gasteiger partial charge in [-0.1, -0.05) is 29.8 Å². The SMILES string of the molecule is NC1(Cl)c2ccccc2OC(=O)C1(N)[N+](=O)[O-]. The van der Waals surface area contributed by atoms with Gasteiger partial charge in [0.25, 0.3) is 0 Å². The Balaban J connectivity index is 2.71. The van der Waals surface area contributed by atoms with Crippen molar-refractivity contribution < 1.29 is 14.5 Å². The number of nitrogens with two attached hydrogens (primary N) is 2. The standard InChI is InChI=1S/C9H8ClN3O4/c10-8(11)5-3-1-2-4-6(5)17-7(14)9(8,12)13(15)16/h1-4H,11-12H2. The third-order valence-corrected chi connectivity index (χ3v) is 3.13. The predicted molar refractivity (Wildman–Crippen MR) is 57.7 cm³/mol. The lowest BCUT2D eigenvalue weighted by molar-refractivity contribution is -0.563. The summed E-state index contributed by atoms with van der Waals surface area (Å²) in [5.74, 6) is -1.23. The second-order valence-electron chi connectivity index (χ2n) is 3.62. The summed E-state index contributed by atoms with van der Waals surface area (Å²) in [4.78, 5) is 19.3. The van der Waals surface area contributed by atoms with E-state index in [9.17, 15) is 14.9 Å². The first-order valence-electron chi connectivity index (χ1n) is 4.54. The van der Waals surface area contributed by atoms with Crippen molar-refractivity contribution in [3.8, 4) is 5.75 Å². The monoisotopic (exact) mass is 257 g/mol. The highest BCUT2D eigenvalue weighted by molar-refractivity contribution is 6.27. The summed E-state index contributed by atoms with van der Waals surface area (Å²) in [7, 11) is 0. The van der Waals surface area contributed by atoms with E-state index in [0.29, 0.717) is 0 Å². The van der Waals surface area contributed by atoms with Gasteiger partial charge in [-0.2, -0.15) is 0 Å². The fourth-order valence-electron chi connectivity index (χ4n) is 1.60. The van der Waals surface area contributed by atoms with Crippen molar-refractivity contribution in [1.82, 2.24) is 0 Å². The average Bonchev–Trinajstić information content (AvgIpc) is 2.26. The molecule has 2 rings (SSSR count). The molecule has 0 aromatic heterocycles. The summed E-state index contributed by atoms with van der Waals surface area (Å²) < 4.78 is 4.77. The second kappa shape index (κ2) is 3.39. The number of para-hydroxylation sites is 1. The van der Waals surface area contributed by atoms with E-state index in [1.54, 1.807) is 12.1 Å². The topological polar surface area (TPSA) is 121 Å². The van der Waals surface area contributed by atoms with E-state index in [1.165, 1.54) is 12.1 Å². The number of esters is 1. The molecule has 90 valence electrons. The van der Waals surface area contributed by atoms with Crippen LogP contribution in [0.5, 0.6) is 5.75 Å². The zero-order valence-electron chi connectivity index (χ0n) is 8.42. The maximum absolute atomic E-state index is 11.6. The van der Waals surface area contributed by atoms with E-state index in [-0.39, 0.29) is 11.3 Å². The molecule has 0 fully saturated rings. The van der Waals surface area contributed by atoms with Gasteiger partial charge in [0.15, 0.2) is 0 Å². The van der Waals surface area contributed by atoms with Gasteiger partial charge >= 0.3 is 11.6 Å². The van der Waals surface area contributed by atoms with E-state index in [2.05, 4.69) is 0 Å².